The maximum absolute atomic E-state index is 5.40. The van der Waals surface area contributed by atoms with Gasteiger partial charge in [-0.2, -0.15) is 5.10 Å². The molecule has 0 aliphatic rings. The maximum Gasteiger partial charge on any atom is 0.160 e. The lowest BCUT2D eigenvalue weighted by Gasteiger charge is -2.12. The summed E-state index contributed by atoms with van der Waals surface area (Å²) in [6.45, 7) is 0. The third-order valence-corrected chi connectivity index (χ3v) is 11.5. The largest absolute Gasteiger partial charge is 0.232 e. The average Bonchev–Trinajstić information content (AvgIpc) is 3.76. The molecule has 0 aliphatic carbocycles. The van der Waals surface area contributed by atoms with Crippen LogP contribution in [0.4, 0.5) is 0 Å². The minimum atomic E-state index is 0.694. The van der Waals surface area contributed by atoms with Crippen molar-refractivity contribution in [2.24, 2.45) is 0 Å². The topological polar surface area (TPSA) is 43.6 Å². The highest BCUT2D eigenvalue weighted by molar-refractivity contribution is 6.17. The van der Waals surface area contributed by atoms with Gasteiger partial charge in [0.2, 0.25) is 0 Å². The predicted molar refractivity (Wildman–Crippen MR) is 252 cm³/mol. The van der Waals surface area contributed by atoms with Gasteiger partial charge < -0.3 is 0 Å². The van der Waals surface area contributed by atoms with Gasteiger partial charge in [-0.25, -0.2) is 14.6 Å². The standard InChI is InChI=1S/C57H38N4/c1-5-16-39(17-6-1)46-25-15-26-48(36-46)57-58-52(43-20-9-3-10-21-43)38-53(59-57)44-30-28-40(29-31-44)41-32-34-49(35-33-41)61-56-50-27-14-13-24-47(50)37-51(42-18-7-2-8-19-42)54(56)55(60-61)45-22-11-4-12-23-45/h1-38H. The molecular formula is C57H38N4. The molecule has 4 heteroatoms. The van der Waals surface area contributed by atoms with Gasteiger partial charge in [-0.05, 0) is 69.1 Å². The lowest BCUT2D eigenvalue weighted by atomic mass is 9.94. The van der Waals surface area contributed by atoms with Crippen LogP contribution < -0.4 is 0 Å². The molecule has 0 saturated heterocycles. The van der Waals surface area contributed by atoms with Crippen LogP contribution in [0.25, 0.3) is 106 Å². The molecule has 0 unspecified atom stereocenters. The number of hydrogen-bond donors (Lipinski definition) is 0. The number of hydrogen-bond acceptors (Lipinski definition) is 3. The number of benzene rings is 9. The van der Waals surface area contributed by atoms with E-state index in [1.54, 1.807) is 0 Å². The molecule has 2 aromatic heterocycles. The fourth-order valence-electron chi connectivity index (χ4n) is 8.40. The second kappa shape index (κ2) is 15.5. The van der Waals surface area contributed by atoms with Crippen LogP contribution in [0.1, 0.15) is 0 Å². The third-order valence-electron chi connectivity index (χ3n) is 11.5. The van der Waals surface area contributed by atoms with Crippen LogP contribution in [0, 0.1) is 0 Å². The van der Waals surface area contributed by atoms with E-state index in [4.69, 9.17) is 15.1 Å². The highest BCUT2D eigenvalue weighted by Gasteiger charge is 2.21. The van der Waals surface area contributed by atoms with Crippen LogP contribution in [0.15, 0.2) is 231 Å². The number of fused-ring (bicyclic) bond motifs is 3. The monoisotopic (exact) mass is 778 g/mol. The highest BCUT2D eigenvalue weighted by Crippen LogP contribution is 2.42. The molecule has 0 amide bonds. The Morgan fingerprint density at radius 3 is 1.46 bits per heavy atom. The SMILES string of the molecule is c1ccc(-c2cccc(-c3nc(-c4ccccc4)cc(-c4ccc(-c5ccc(-n6nc(-c7ccccc7)c7c(-c8ccccc8)cc8ccccc8c76)cc5)cc4)n3)c2)cc1. The van der Waals surface area contributed by atoms with Gasteiger partial charge in [0.25, 0.3) is 0 Å². The predicted octanol–water partition coefficient (Wildman–Crippen LogP) is 14.6. The van der Waals surface area contributed by atoms with Gasteiger partial charge in [-0.3, -0.25) is 0 Å². The smallest absolute Gasteiger partial charge is 0.160 e. The van der Waals surface area contributed by atoms with Crippen LogP contribution in [-0.2, 0) is 0 Å². The van der Waals surface area contributed by atoms with Gasteiger partial charge >= 0.3 is 0 Å². The second-order valence-corrected chi connectivity index (χ2v) is 15.3. The van der Waals surface area contributed by atoms with Gasteiger partial charge in [0.05, 0.1) is 22.6 Å². The first-order valence-electron chi connectivity index (χ1n) is 20.6. The van der Waals surface area contributed by atoms with E-state index in [9.17, 15) is 0 Å². The number of nitrogens with zero attached hydrogens (tertiary/aromatic N) is 4. The molecule has 0 N–H and O–H groups in total. The zero-order valence-electron chi connectivity index (χ0n) is 33.2. The van der Waals surface area contributed by atoms with E-state index in [2.05, 4.69) is 211 Å². The van der Waals surface area contributed by atoms with E-state index in [-0.39, 0.29) is 0 Å². The summed E-state index contributed by atoms with van der Waals surface area (Å²) in [5.74, 6) is 0.694. The molecular weight excluding hydrogens is 741 g/mol. The van der Waals surface area contributed by atoms with E-state index in [0.29, 0.717) is 5.82 Å². The Labute approximate surface area is 354 Å². The Bertz CT molecular complexity index is 3300. The summed E-state index contributed by atoms with van der Waals surface area (Å²) >= 11 is 0. The van der Waals surface area contributed by atoms with Gasteiger partial charge in [-0.15, -0.1) is 0 Å². The minimum absolute atomic E-state index is 0.694. The van der Waals surface area contributed by atoms with Gasteiger partial charge in [0.15, 0.2) is 5.82 Å². The molecule has 9 aromatic carbocycles. The first-order chi connectivity index (χ1) is 30.2. The van der Waals surface area contributed by atoms with Gasteiger partial charge in [-0.1, -0.05) is 200 Å². The Kier molecular flexibility index (Phi) is 9.14. The Morgan fingerprint density at radius 1 is 0.328 bits per heavy atom. The minimum Gasteiger partial charge on any atom is -0.232 e. The van der Waals surface area contributed by atoms with Crippen molar-refractivity contribution < 1.29 is 0 Å². The van der Waals surface area contributed by atoms with E-state index < -0.39 is 0 Å². The average molecular weight is 779 g/mol. The molecule has 0 radical (unpaired) electrons. The van der Waals surface area contributed by atoms with Crippen LogP contribution in [0.2, 0.25) is 0 Å². The van der Waals surface area contributed by atoms with Crippen LogP contribution in [0.3, 0.4) is 0 Å². The fourth-order valence-corrected chi connectivity index (χ4v) is 8.40. The van der Waals surface area contributed by atoms with Crippen molar-refractivity contribution in [1.82, 2.24) is 19.7 Å². The van der Waals surface area contributed by atoms with Gasteiger partial charge in [0.1, 0.15) is 5.69 Å². The van der Waals surface area contributed by atoms with Crippen LogP contribution >= 0.6 is 0 Å². The summed E-state index contributed by atoms with van der Waals surface area (Å²) in [5, 5.41) is 8.88. The van der Waals surface area contributed by atoms with Crippen LogP contribution in [-0.4, -0.2) is 19.7 Å². The molecule has 0 bridgehead atoms. The molecule has 286 valence electrons. The van der Waals surface area contributed by atoms with E-state index in [0.717, 1.165) is 78.2 Å². The molecule has 0 saturated carbocycles. The quantitative estimate of drug-likeness (QED) is 0.154. The second-order valence-electron chi connectivity index (χ2n) is 15.3. The normalized spacial score (nSPS) is 11.3. The fraction of sp³-hybridized carbons (Fsp3) is 0. The van der Waals surface area contributed by atoms with Crippen molar-refractivity contribution in [1.29, 1.82) is 0 Å². The first-order valence-corrected chi connectivity index (χ1v) is 20.6. The Hall–Kier alpha value is -8.21. The molecule has 11 aromatic rings. The van der Waals surface area contributed by atoms with Crippen molar-refractivity contribution in [3.05, 3.63) is 231 Å². The van der Waals surface area contributed by atoms with Crippen LogP contribution in [0.5, 0.6) is 0 Å². The van der Waals surface area contributed by atoms with Crippen molar-refractivity contribution in [2.45, 2.75) is 0 Å². The van der Waals surface area contributed by atoms with Crippen molar-refractivity contribution >= 4 is 21.7 Å². The summed E-state index contributed by atoms with van der Waals surface area (Å²) in [5.41, 5.74) is 15.8. The molecule has 0 aliphatic heterocycles. The van der Waals surface area contributed by atoms with Crippen molar-refractivity contribution in [3.63, 3.8) is 0 Å². The summed E-state index contributed by atoms with van der Waals surface area (Å²) in [6.07, 6.45) is 0. The summed E-state index contributed by atoms with van der Waals surface area (Å²) in [4.78, 5) is 10.2. The maximum atomic E-state index is 5.40. The number of rotatable bonds is 8. The molecule has 61 heavy (non-hydrogen) atoms. The molecule has 4 nitrogen and oxygen atoms in total. The van der Waals surface area contributed by atoms with Crippen molar-refractivity contribution in [3.8, 4) is 84.2 Å². The first kappa shape index (κ1) is 35.9. The van der Waals surface area contributed by atoms with E-state index in [1.165, 1.54) is 21.9 Å². The van der Waals surface area contributed by atoms with Crippen molar-refractivity contribution in [2.75, 3.05) is 0 Å². The Balaban J connectivity index is 0.974. The molecule has 0 atom stereocenters. The molecule has 0 spiro atoms. The summed E-state index contributed by atoms with van der Waals surface area (Å²) in [7, 11) is 0. The molecule has 2 heterocycles. The zero-order valence-corrected chi connectivity index (χ0v) is 33.2. The summed E-state index contributed by atoms with van der Waals surface area (Å²) < 4.78 is 2.13. The van der Waals surface area contributed by atoms with E-state index in [1.807, 2.05) is 24.3 Å². The lowest BCUT2D eigenvalue weighted by Crippen LogP contribution is -1.97. The Morgan fingerprint density at radius 2 is 0.803 bits per heavy atom. The lowest BCUT2D eigenvalue weighted by molar-refractivity contribution is 0.918. The van der Waals surface area contributed by atoms with E-state index >= 15 is 0 Å². The zero-order chi connectivity index (χ0) is 40.5. The number of aromatic nitrogens is 4. The molecule has 11 rings (SSSR count). The summed E-state index contributed by atoms with van der Waals surface area (Å²) in [6, 6.07) is 80.9. The molecule has 0 fully saturated rings. The highest BCUT2D eigenvalue weighted by atomic mass is 15.3. The van der Waals surface area contributed by atoms with Gasteiger partial charge in [0, 0.05) is 33.0 Å². The third kappa shape index (κ3) is 6.86.